The minimum absolute atomic E-state index is 0.217. The van der Waals surface area contributed by atoms with Crippen LogP contribution in [0, 0.1) is 10.1 Å². The minimum Gasteiger partial charge on any atom is -0.339 e. The predicted molar refractivity (Wildman–Crippen MR) is 84.9 cm³/mol. The normalized spacial score (nSPS) is 13.6. The number of amides is 1. The Kier molecular flexibility index (Phi) is 3.49. The Balaban J connectivity index is 1.55. The number of nitrogens with one attached hydrogen (secondary N) is 2. The van der Waals surface area contributed by atoms with Crippen molar-refractivity contribution in [2.24, 2.45) is 0 Å². The van der Waals surface area contributed by atoms with Gasteiger partial charge in [0, 0.05) is 17.2 Å². The van der Waals surface area contributed by atoms with Gasteiger partial charge in [0.05, 0.1) is 4.92 Å². The SMILES string of the molecule is O=C(Nc1cccc(-c2noc(C3CC3)n2)c1)c1[nH]ncc1[N+](=O)[O-]. The van der Waals surface area contributed by atoms with Gasteiger partial charge in [-0.2, -0.15) is 10.1 Å². The fourth-order valence-electron chi connectivity index (χ4n) is 2.36. The Hall–Kier alpha value is -3.56. The maximum atomic E-state index is 12.2. The number of hydrogen-bond acceptors (Lipinski definition) is 7. The van der Waals surface area contributed by atoms with Crippen molar-refractivity contribution in [1.29, 1.82) is 0 Å². The molecule has 0 bridgehead atoms. The van der Waals surface area contributed by atoms with E-state index in [4.69, 9.17) is 4.52 Å². The number of anilines is 1. The summed E-state index contributed by atoms with van der Waals surface area (Å²) < 4.78 is 5.23. The third-order valence-corrected chi connectivity index (χ3v) is 3.79. The zero-order chi connectivity index (χ0) is 17.4. The lowest BCUT2D eigenvalue weighted by atomic mass is 10.2. The summed E-state index contributed by atoms with van der Waals surface area (Å²) in [6.45, 7) is 0. The van der Waals surface area contributed by atoms with Gasteiger partial charge in [0.15, 0.2) is 0 Å². The van der Waals surface area contributed by atoms with E-state index in [9.17, 15) is 14.9 Å². The predicted octanol–water partition coefficient (Wildman–Crippen LogP) is 2.50. The molecule has 1 aliphatic rings. The van der Waals surface area contributed by atoms with Crippen molar-refractivity contribution in [3.05, 3.63) is 52.2 Å². The molecule has 1 aliphatic carbocycles. The van der Waals surface area contributed by atoms with Crippen LogP contribution in [0.3, 0.4) is 0 Å². The number of carbonyl (C=O) groups excluding carboxylic acids is 1. The van der Waals surface area contributed by atoms with Crippen LogP contribution in [0.2, 0.25) is 0 Å². The Bertz CT molecular complexity index is 958. The number of nitro groups is 1. The highest BCUT2D eigenvalue weighted by Gasteiger charge is 2.29. The van der Waals surface area contributed by atoms with Crippen LogP contribution in [0.15, 0.2) is 35.0 Å². The molecule has 0 radical (unpaired) electrons. The molecule has 25 heavy (non-hydrogen) atoms. The van der Waals surface area contributed by atoms with E-state index in [1.165, 1.54) is 0 Å². The molecule has 2 N–H and O–H groups in total. The minimum atomic E-state index is -0.673. The molecule has 4 rings (SSSR count). The molecule has 1 saturated carbocycles. The van der Waals surface area contributed by atoms with Crippen molar-refractivity contribution in [3.63, 3.8) is 0 Å². The number of aromatic nitrogens is 4. The molecule has 10 nitrogen and oxygen atoms in total. The smallest absolute Gasteiger partial charge is 0.319 e. The van der Waals surface area contributed by atoms with Crippen molar-refractivity contribution < 1.29 is 14.2 Å². The van der Waals surface area contributed by atoms with Gasteiger partial charge in [0.1, 0.15) is 6.20 Å². The molecule has 1 aromatic carbocycles. The zero-order valence-corrected chi connectivity index (χ0v) is 12.8. The van der Waals surface area contributed by atoms with E-state index in [-0.39, 0.29) is 11.4 Å². The highest BCUT2D eigenvalue weighted by molar-refractivity contribution is 6.05. The summed E-state index contributed by atoms with van der Waals surface area (Å²) in [5, 5.41) is 23.3. The molecular weight excluding hydrogens is 328 g/mol. The molecule has 0 spiro atoms. The number of nitrogens with zero attached hydrogens (tertiary/aromatic N) is 4. The second-order valence-corrected chi connectivity index (χ2v) is 5.65. The molecule has 2 aromatic heterocycles. The van der Waals surface area contributed by atoms with Crippen LogP contribution in [0.5, 0.6) is 0 Å². The van der Waals surface area contributed by atoms with Crippen molar-refractivity contribution in [1.82, 2.24) is 20.3 Å². The van der Waals surface area contributed by atoms with Crippen LogP contribution in [0.25, 0.3) is 11.4 Å². The molecule has 126 valence electrons. The molecule has 10 heteroatoms. The lowest BCUT2D eigenvalue weighted by molar-refractivity contribution is -0.385. The number of aromatic amines is 1. The van der Waals surface area contributed by atoms with E-state index in [1.54, 1.807) is 24.3 Å². The number of carbonyl (C=O) groups is 1. The number of hydrogen-bond donors (Lipinski definition) is 2. The first-order valence-electron chi connectivity index (χ1n) is 7.55. The molecule has 0 unspecified atom stereocenters. The Morgan fingerprint density at radius 2 is 2.24 bits per heavy atom. The molecule has 0 atom stereocenters. The first-order chi connectivity index (χ1) is 12.1. The number of H-pyrrole nitrogens is 1. The van der Waals surface area contributed by atoms with Gasteiger partial charge in [0.2, 0.25) is 17.4 Å². The molecule has 1 fully saturated rings. The summed E-state index contributed by atoms with van der Waals surface area (Å²) in [6.07, 6.45) is 3.10. The quantitative estimate of drug-likeness (QED) is 0.537. The number of benzene rings is 1. The Labute approximate surface area is 140 Å². The molecule has 0 aliphatic heterocycles. The average molecular weight is 340 g/mol. The average Bonchev–Trinajstić information content (AvgIpc) is 3.13. The van der Waals surface area contributed by atoms with Crippen LogP contribution in [0.4, 0.5) is 11.4 Å². The zero-order valence-electron chi connectivity index (χ0n) is 12.8. The monoisotopic (exact) mass is 340 g/mol. The maximum absolute atomic E-state index is 12.2. The molecule has 1 amide bonds. The Morgan fingerprint density at radius 1 is 1.40 bits per heavy atom. The van der Waals surface area contributed by atoms with Crippen molar-refractivity contribution >= 4 is 17.3 Å². The van der Waals surface area contributed by atoms with Gasteiger partial charge in [-0.3, -0.25) is 20.0 Å². The first kappa shape index (κ1) is 15.0. The lowest BCUT2D eigenvalue weighted by Crippen LogP contribution is -2.14. The Morgan fingerprint density at radius 3 is 3.00 bits per heavy atom. The summed E-state index contributed by atoms with van der Waals surface area (Å²) in [4.78, 5) is 26.8. The third kappa shape index (κ3) is 2.96. The summed E-state index contributed by atoms with van der Waals surface area (Å²) in [5.41, 5.74) is 0.517. The first-order valence-corrected chi connectivity index (χ1v) is 7.55. The van der Waals surface area contributed by atoms with E-state index in [2.05, 4.69) is 25.7 Å². The van der Waals surface area contributed by atoms with Gasteiger partial charge in [-0.05, 0) is 25.0 Å². The largest absolute Gasteiger partial charge is 0.339 e. The lowest BCUT2D eigenvalue weighted by Gasteiger charge is -2.04. The molecule has 0 saturated heterocycles. The van der Waals surface area contributed by atoms with Gasteiger partial charge < -0.3 is 9.84 Å². The van der Waals surface area contributed by atoms with E-state index < -0.39 is 10.8 Å². The topological polar surface area (TPSA) is 140 Å². The third-order valence-electron chi connectivity index (χ3n) is 3.79. The molecule has 3 aromatic rings. The second kappa shape index (κ2) is 5.82. The van der Waals surface area contributed by atoms with E-state index in [1.807, 2.05) is 0 Å². The second-order valence-electron chi connectivity index (χ2n) is 5.65. The number of rotatable bonds is 5. The summed E-state index contributed by atoms with van der Waals surface area (Å²) >= 11 is 0. The highest BCUT2D eigenvalue weighted by atomic mass is 16.6. The van der Waals surface area contributed by atoms with E-state index in [0.29, 0.717) is 28.9 Å². The van der Waals surface area contributed by atoms with E-state index in [0.717, 1.165) is 19.0 Å². The maximum Gasteiger partial charge on any atom is 0.319 e. The highest BCUT2D eigenvalue weighted by Crippen LogP contribution is 2.39. The van der Waals surface area contributed by atoms with Crippen molar-refractivity contribution in [2.75, 3.05) is 5.32 Å². The van der Waals surface area contributed by atoms with Crippen molar-refractivity contribution in [3.8, 4) is 11.4 Å². The van der Waals surface area contributed by atoms with Crippen LogP contribution < -0.4 is 5.32 Å². The standard InChI is InChI=1S/C15H12N6O4/c22-14(12-11(21(23)24)7-16-19-12)17-10-3-1-2-9(6-10)13-18-15(25-20-13)8-4-5-8/h1-3,6-8H,4-5H2,(H,16,19)(H,17,22). The van der Waals surface area contributed by atoms with E-state index >= 15 is 0 Å². The van der Waals surface area contributed by atoms with Crippen molar-refractivity contribution in [2.45, 2.75) is 18.8 Å². The van der Waals surface area contributed by atoms with Crippen LogP contribution in [-0.4, -0.2) is 31.2 Å². The summed E-state index contributed by atoms with van der Waals surface area (Å²) in [7, 11) is 0. The van der Waals surface area contributed by atoms with Crippen LogP contribution >= 0.6 is 0 Å². The fourth-order valence-corrected chi connectivity index (χ4v) is 2.36. The fraction of sp³-hybridized carbons (Fsp3) is 0.200. The summed E-state index contributed by atoms with van der Waals surface area (Å²) in [5.74, 6) is 0.751. The molecular formula is C15H12N6O4. The molecule has 2 heterocycles. The van der Waals surface area contributed by atoms with Gasteiger partial charge in [-0.15, -0.1) is 0 Å². The van der Waals surface area contributed by atoms with Gasteiger partial charge in [0.25, 0.3) is 5.91 Å². The van der Waals surface area contributed by atoms with Crippen LogP contribution in [-0.2, 0) is 0 Å². The van der Waals surface area contributed by atoms with Crippen LogP contribution in [0.1, 0.15) is 35.1 Å². The van der Waals surface area contributed by atoms with Gasteiger partial charge in [-0.1, -0.05) is 17.3 Å². The summed E-state index contributed by atoms with van der Waals surface area (Å²) in [6, 6.07) is 6.84. The van der Waals surface area contributed by atoms with Gasteiger partial charge >= 0.3 is 5.69 Å². The van der Waals surface area contributed by atoms with Gasteiger partial charge in [-0.25, -0.2) is 0 Å².